The summed E-state index contributed by atoms with van der Waals surface area (Å²) in [4.78, 5) is 25.7. The van der Waals surface area contributed by atoms with Gasteiger partial charge < -0.3 is 10.4 Å². The van der Waals surface area contributed by atoms with Crippen LogP contribution in [0, 0.1) is 5.92 Å². The van der Waals surface area contributed by atoms with Gasteiger partial charge >= 0.3 is 5.97 Å². The van der Waals surface area contributed by atoms with Crippen molar-refractivity contribution in [1.29, 1.82) is 0 Å². The van der Waals surface area contributed by atoms with Gasteiger partial charge in [-0.1, -0.05) is 39.8 Å². The number of benzene rings is 1. The highest BCUT2D eigenvalue weighted by Crippen LogP contribution is 2.10. The van der Waals surface area contributed by atoms with Gasteiger partial charge in [-0.15, -0.1) is 0 Å². The van der Waals surface area contributed by atoms with Crippen LogP contribution in [0.4, 0.5) is 0 Å². The molecule has 0 heterocycles. The van der Waals surface area contributed by atoms with E-state index in [1.165, 1.54) is 0 Å². The fraction of sp³-hybridized carbons (Fsp3) is 0.556. The summed E-state index contributed by atoms with van der Waals surface area (Å²) < 4.78 is 0. The maximum Gasteiger partial charge on any atom is 0.326 e. The van der Waals surface area contributed by atoms with Crippen LogP contribution in [0.1, 0.15) is 50.0 Å². The fourth-order valence-electron chi connectivity index (χ4n) is 2.42. The van der Waals surface area contributed by atoms with Crippen molar-refractivity contribution in [2.75, 3.05) is 13.1 Å². The Kier molecular flexibility index (Phi) is 7.75. The first-order valence-electron chi connectivity index (χ1n) is 8.24. The summed E-state index contributed by atoms with van der Waals surface area (Å²) in [5.74, 6) is -1.52. The molecular formula is C18H28N2O3. The van der Waals surface area contributed by atoms with E-state index in [1.807, 2.05) is 12.1 Å². The molecule has 5 nitrogen and oxygen atoms in total. The molecule has 1 aromatic carbocycles. The number of rotatable bonds is 9. The summed E-state index contributed by atoms with van der Waals surface area (Å²) >= 11 is 0. The van der Waals surface area contributed by atoms with Crippen LogP contribution in [-0.4, -0.2) is 41.0 Å². The van der Waals surface area contributed by atoms with Gasteiger partial charge in [0.1, 0.15) is 6.04 Å². The average molecular weight is 320 g/mol. The van der Waals surface area contributed by atoms with Crippen molar-refractivity contribution in [1.82, 2.24) is 10.2 Å². The molecule has 0 aromatic heterocycles. The maximum atomic E-state index is 12.2. The molecule has 1 amide bonds. The Morgan fingerprint density at radius 1 is 1.17 bits per heavy atom. The van der Waals surface area contributed by atoms with Gasteiger partial charge in [0.25, 0.3) is 5.91 Å². The predicted octanol–water partition coefficient (Wildman–Crippen LogP) is 2.76. The topological polar surface area (TPSA) is 69.6 Å². The second-order valence-electron chi connectivity index (χ2n) is 6.10. The Labute approximate surface area is 138 Å². The Balaban J connectivity index is 2.72. The number of nitrogens with one attached hydrogen (secondary N) is 1. The molecule has 23 heavy (non-hydrogen) atoms. The van der Waals surface area contributed by atoms with E-state index < -0.39 is 12.0 Å². The van der Waals surface area contributed by atoms with Crippen LogP contribution in [0.5, 0.6) is 0 Å². The van der Waals surface area contributed by atoms with E-state index in [0.29, 0.717) is 5.56 Å². The van der Waals surface area contributed by atoms with Crippen molar-refractivity contribution in [2.24, 2.45) is 5.92 Å². The molecule has 2 N–H and O–H groups in total. The SMILES string of the molecule is CCCN(CC)Cc1ccc(C(=O)N[C@H](C(=O)O)C(C)C)cc1. The third kappa shape index (κ3) is 6.02. The van der Waals surface area contributed by atoms with E-state index >= 15 is 0 Å². The zero-order valence-electron chi connectivity index (χ0n) is 14.5. The molecule has 0 aliphatic rings. The molecule has 1 rings (SSSR count). The molecule has 0 spiro atoms. The van der Waals surface area contributed by atoms with E-state index in [0.717, 1.165) is 31.6 Å². The number of hydrogen-bond acceptors (Lipinski definition) is 3. The van der Waals surface area contributed by atoms with Gasteiger partial charge in [-0.2, -0.15) is 0 Å². The summed E-state index contributed by atoms with van der Waals surface area (Å²) in [6.45, 7) is 10.7. The van der Waals surface area contributed by atoms with Crippen molar-refractivity contribution in [2.45, 2.75) is 46.7 Å². The highest BCUT2D eigenvalue weighted by molar-refractivity contribution is 5.96. The summed E-state index contributed by atoms with van der Waals surface area (Å²) in [6.07, 6.45) is 1.11. The molecule has 1 atom stereocenters. The van der Waals surface area contributed by atoms with Gasteiger partial charge in [0.2, 0.25) is 0 Å². The van der Waals surface area contributed by atoms with Crippen molar-refractivity contribution in [3.63, 3.8) is 0 Å². The lowest BCUT2D eigenvalue weighted by Gasteiger charge is -2.20. The molecule has 0 aliphatic heterocycles. The Bertz CT molecular complexity index is 512. The smallest absolute Gasteiger partial charge is 0.326 e. The van der Waals surface area contributed by atoms with Crippen molar-refractivity contribution in [3.8, 4) is 0 Å². The quantitative estimate of drug-likeness (QED) is 0.734. The summed E-state index contributed by atoms with van der Waals surface area (Å²) in [7, 11) is 0. The van der Waals surface area contributed by atoms with Crippen molar-refractivity contribution in [3.05, 3.63) is 35.4 Å². The van der Waals surface area contributed by atoms with Crippen molar-refractivity contribution < 1.29 is 14.7 Å². The standard InChI is InChI=1S/C18H28N2O3/c1-5-11-20(6-2)12-14-7-9-15(10-8-14)17(21)19-16(13(3)4)18(22)23/h7-10,13,16H,5-6,11-12H2,1-4H3,(H,19,21)(H,22,23)/t16-/m0/s1. The second kappa shape index (κ2) is 9.30. The molecule has 0 aliphatic carbocycles. The van der Waals surface area contributed by atoms with Crippen LogP contribution in [0.25, 0.3) is 0 Å². The lowest BCUT2D eigenvalue weighted by molar-refractivity contribution is -0.140. The van der Waals surface area contributed by atoms with Crippen LogP contribution < -0.4 is 5.32 Å². The van der Waals surface area contributed by atoms with E-state index in [1.54, 1.807) is 26.0 Å². The third-order valence-corrected chi connectivity index (χ3v) is 3.83. The number of nitrogens with zero attached hydrogens (tertiary/aromatic N) is 1. The molecule has 0 bridgehead atoms. The molecular weight excluding hydrogens is 292 g/mol. The number of carbonyl (C=O) groups is 2. The average Bonchev–Trinajstić information content (AvgIpc) is 2.51. The summed E-state index contributed by atoms with van der Waals surface area (Å²) in [5, 5.41) is 11.7. The van der Waals surface area contributed by atoms with Crippen LogP contribution in [-0.2, 0) is 11.3 Å². The highest BCUT2D eigenvalue weighted by Gasteiger charge is 2.23. The maximum absolute atomic E-state index is 12.2. The molecule has 0 saturated heterocycles. The van der Waals surface area contributed by atoms with Gasteiger partial charge in [0, 0.05) is 12.1 Å². The first-order valence-corrected chi connectivity index (χ1v) is 8.24. The lowest BCUT2D eigenvalue weighted by atomic mass is 10.0. The Hall–Kier alpha value is -1.88. The van der Waals surface area contributed by atoms with Gasteiger partial charge in [-0.3, -0.25) is 9.69 Å². The lowest BCUT2D eigenvalue weighted by Crippen LogP contribution is -2.44. The molecule has 0 unspecified atom stereocenters. The molecule has 0 radical (unpaired) electrons. The summed E-state index contributed by atoms with van der Waals surface area (Å²) in [5.41, 5.74) is 1.63. The molecule has 5 heteroatoms. The fourth-order valence-corrected chi connectivity index (χ4v) is 2.42. The molecule has 128 valence electrons. The summed E-state index contributed by atoms with van der Waals surface area (Å²) in [6, 6.07) is 6.49. The Morgan fingerprint density at radius 3 is 2.22 bits per heavy atom. The Morgan fingerprint density at radius 2 is 1.78 bits per heavy atom. The van der Waals surface area contributed by atoms with Crippen LogP contribution in [0.3, 0.4) is 0 Å². The zero-order chi connectivity index (χ0) is 17.4. The minimum Gasteiger partial charge on any atom is -0.480 e. The third-order valence-electron chi connectivity index (χ3n) is 3.83. The van der Waals surface area contributed by atoms with Gasteiger partial charge in [-0.05, 0) is 43.1 Å². The molecule has 0 fully saturated rings. The minimum absolute atomic E-state index is 0.164. The zero-order valence-corrected chi connectivity index (χ0v) is 14.5. The van der Waals surface area contributed by atoms with Crippen LogP contribution in [0.2, 0.25) is 0 Å². The predicted molar refractivity (Wildman–Crippen MR) is 91.4 cm³/mol. The number of carbonyl (C=O) groups excluding carboxylic acids is 1. The van der Waals surface area contributed by atoms with E-state index in [4.69, 9.17) is 5.11 Å². The number of hydrogen-bond donors (Lipinski definition) is 2. The van der Waals surface area contributed by atoms with Crippen LogP contribution >= 0.6 is 0 Å². The minimum atomic E-state index is -1.01. The van der Waals surface area contributed by atoms with E-state index in [2.05, 4.69) is 24.1 Å². The van der Waals surface area contributed by atoms with E-state index in [-0.39, 0.29) is 11.8 Å². The molecule has 1 aromatic rings. The van der Waals surface area contributed by atoms with Crippen molar-refractivity contribution >= 4 is 11.9 Å². The largest absolute Gasteiger partial charge is 0.480 e. The first kappa shape index (κ1) is 19.2. The van der Waals surface area contributed by atoms with Crippen LogP contribution in [0.15, 0.2) is 24.3 Å². The molecule has 0 saturated carbocycles. The highest BCUT2D eigenvalue weighted by atomic mass is 16.4. The number of carboxylic acid groups (broad SMARTS) is 1. The monoisotopic (exact) mass is 320 g/mol. The number of carboxylic acids is 1. The van der Waals surface area contributed by atoms with Gasteiger partial charge in [-0.25, -0.2) is 4.79 Å². The number of aliphatic carboxylic acids is 1. The first-order chi connectivity index (χ1) is 10.9. The van der Waals surface area contributed by atoms with Gasteiger partial charge in [0.05, 0.1) is 0 Å². The van der Waals surface area contributed by atoms with Gasteiger partial charge in [0.15, 0.2) is 0 Å². The second-order valence-corrected chi connectivity index (χ2v) is 6.10. The van der Waals surface area contributed by atoms with E-state index in [9.17, 15) is 9.59 Å². The number of amides is 1. The normalized spacial score (nSPS) is 12.4.